The maximum atomic E-state index is 12.8. The van der Waals surface area contributed by atoms with Crippen LogP contribution in [0.4, 0.5) is 10.5 Å². The van der Waals surface area contributed by atoms with Crippen molar-refractivity contribution in [1.82, 2.24) is 5.32 Å². The van der Waals surface area contributed by atoms with Gasteiger partial charge in [-0.2, -0.15) is 0 Å². The first-order valence-electron chi connectivity index (χ1n) is 8.31. The van der Waals surface area contributed by atoms with Gasteiger partial charge in [0, 0.05) is 0 Å². The Morgan fingerprint density at radius 1 is 1.11 bits per heavy atom. The lowest BCUT2D eigenvalue weighted by Gasteiger charge is -2.26. The third kappa shape index (κ3) is 3.93. The molecule has 0 saturated carbocycles. The average molecular weight is 429 g/mol. The lowest BCUT2D eigenvalue weighted by Crippen LogP contribution is -2.54. The number of nitrogens with zero attached hydrogens (tertiary/aromatic N) is 1. The minimum absolute atomic E-state index is 0.119. The van der Waals surface area contributed by atoms with Crippen molar-refractivity contribution < 1.29 is 19.1 Å². The van der Waals surface area contributed by atoms with Gasteiger partial charge in [-0.05, 0) is 65.7 Å². The highest BCUT2D eigenvalue weighted by Gasteiger charge is 2.36. The number of benzene rings is 2. The minimum atomic E-state index is -0.765. The number of halogens is 1. The van der Waals surface area contributed by atoms with Crippen molar-refractivity contribution in [3.63, 3.8) is 0 Å². The van der Waals surface area contributed by atoms with Gasteiger partial charge in [0.25, 0.3) is 11.8 Å². The van der Waals surface area contributed by atoms with Gasteiger partial charge >= 0.3 is 6.03 Å². The number of hydrogen-bond acceptors (Lipinski definition) is 4. The van der Waals surface area contributed by atoms with Gasteiger partial charge in [0.1, 0.15) is 11.3 Å². The van der Waals surface area contributed by atoms with E-state index < -0.39 is 17.8 Å². The monoisotopic (exact) mass is 428 g/mol. The van der Waals surface area contributed by atoms with E-state index in [9.17, 15) is 14.4 Å². The number of imide groups is 2. The summed E-state index contributed by atoms with van der Waals surface area (Å²) in [6, 6.07) is 11.4. The number of nitrogens with one attached hydrogen (secondary N) is 1. The first-order valence-corrected chi connectivity index (χ1v) is 9.10. The molecule has 4 amide bonds. The molecule has 2 aromatic carbocycles. The fourth-order valence-corrected chi connectivity index (χ4v) is 3.14. The zero-order valence-electron chi connectivity index (χ0n) is 14.8. The summed E-state index contributed by atoms with van der Waals surface area (Å²) < 4.78 is 6.16. The molecule has 1 aliphatic heterocycles. The van der Waals surface area contributed by atoms with Crippen LogP contribution in [0.3, 0.4) is 0 Å². The van der Waals surface area contributed by atoms with Gasteiger partial charge in [-0.15, -0.1) is 0 Å². The number of anilines is 1. The second kappa shape index (κ2) is 7.75. The number of barbiturate groups is 1. The highest BCUT2D eigenvalue weighted by atomic mass is 79.9. The summed E-state index contributed by atoms with van der Waals surface area (Å²) in [6.07, 6.45) is 1.45. The average Bonchev–Trinajstić information content (AvgIpc) is 2.62. The highest BCUT2D eigenvalue weighted by molar-refractivity contribution is 9.10. The number of hydrogen-bond donors (Lipinski definition) is 1. The van der Waals surface area contributed by atoms with Crippen LogP contribution >= 0.6 is 15.9 Å². The molecule has 0 spiro atoms. The second-order valence-electron chi connectivity index (χ2n) is 5.92. The van der Waals surface area contributed by atoms with Crippen molar-refractivity contribution in [3.05, 3.63) is 63.6 Å². The van der Waals surface area contributed by atoms with Crippen molar-refractivity contribution in [2.75, 3.05) is 11.5 Å². The maximum absolute atomic E-state index is 12.8. The van der Waals surface area contributed by atoms with Crippen LogP contribution in [0.5, 0.6) is 5.75 Å². The molecule has 0 bridgehead atoms. The molecule has 27 heavy (non-hydrogen) atoms. The molecule has 2 aromatic rings. The molecule has 1 N–H and O–H groups in total. The van der Waals surface area contributed by atoms with Crippen LogP contribution in [-0.4, -0.2) is 24.5 Å². The molecule has 0 aliphatic carbocycles. The molecule has 1 saturated heterocycles. The summed E-state index contributed by atoms with van der Waals surface area (Å²) in [5.41, 5.74) is 1.90. The van der Waals surface area contributed by atoms with Crippen LogP contribution in [0.15, 0.2) is 52.5 Å². The Balaban J connectivity index is 1.96. The number of carbonyl (C=O) groups is 3. The molecule has 0 radical (unpaired) electrons. The third-order valence-corrected chi connectivity index (χ3v) is 4.58. The molecule has 0 aromatic heterocycles. The Bertz CT molecular complexity index is 951. The predicted molar refractivity (Wildman–Crippen MR) is 105 cm³/mol. The number of rotatable bonds is 4. The summed E-state index contributed by atoms with van der Waals surface area (Å²) in [7, 11) is 0. The van der Waals surface area contributed by atoms with Crippen LogP contribution in [0.2, 0.25) is 0 Å². The standard InChI is InChI=1S/C20H17BrN2O4/c1-3-27-17-9-6-13(11-16(17)21)10-15-18(24)22-20(26)23(19(15)25)14-7-4-12(2)5-8-14/h4-11H,3H2,1-2H3,(H,22,24,26). The molecular weight excluding hydrogens is 412 g/mol. The minimum Gasteiger partial charge on any atom is -0.493 e. The Hall–Kier alpha value is -2.93. The van der Waals surface area contributed by atoms with Crippen LogP contribution in [0.25, 0.3) is 6.08 Å². The summed E-state index contributed by atoms with van der Waals surface area (Å²) in [5.74, 6) is -0.730. The van der Waals surface area contributed by atoms with E-state index in [1.165, 1.54) is 6.08 Å². The van der Waals surface area contributed by atoms with E-state index in [2.05, 4.69) is 21.2 Å². The van der Waals surface area contributed by atoms with Gasteiger partial charge in [0.2, 0.25) is 0 Å². The van der Waals surface area contributed by atoms with E-state index >= 15 is 0 Å². The van der Waals surface area contributed by atoms with Gasteiger partial charge < -0.3 is 4.74 Å². The fraction of sp³-hybridized carbons (Fsp3) is 0.150. The van der Waals surface area contributed by atoms with Crippen molar-refractivity contribution in [1.29, 1.82) is 0 Å². The number of urea groups is 1. The van der Waals surface area contributed by atoms with Crippen LogP contribution < -0.4 is 15.0 Å². The van der Waals surface area contributed by atoms with Gasteiger partial charge in [-0.25, -0.2) is 9.69 Å². The maximum Gasteiger partial charge on any atom is 0.335 e. The SMILES string of the molecule is CCOc1ccc(C=C2C(=O)NC(=O)N(c3ccc(C)cc3)C2=O)cc1Br. The quantitative estimate of drug-likeness (QED) is 0.592. The molecule has 3 rings (SSSR count). The van der Waals surface area contributed by atoms with Crippen LogP contribution in [0.1, 0.15) is 18.1 Å². The van der Waals surface area contributed by atoms with Gasteiger partial charge in [-0.3, -0.25) is 14.9 Å². The van der Waals surface area contributed by atoms with Crippen LogP contribution in [0, 0.1) is 6.92 Å². The lowest BCUT2D eigenvalue weighted by molar-refractivity contribution is -0.122. The first kappa shape index (κ1) is 18.8. The number of carbonyl (C=O) groups excluding carboxylic acids is 3. The molecule has 138 valence electrons. The third-order valence-electron chi connectivity index (χ3n) is 3.96. The second-order valence-corrected chi connectivity index (χ2v) is 6.77. The van der Waals surface area contributed by atoms with Gasteiger partial charge in [0.15, 0.2) is 0 Å². The normalized spacial score (nSPS) is 15.9. The van der Waals surface area contributed by atoms with E-state index in [1.54, 1.807) is 42.5 Å². The smallest absolute Gasteiger partial charge is 0.335 e. The van der Waals surface area contributed by atoms with Crippen molar-refractivity contribution in [2.24, 2.45) is 0 Å². The van der Waals surface area contributed by atoms with Crippen molar-refractivity contribution in [3.8, 4) is 5.75 Å². The first-order chi connectivity index (χ1) is 12.9. The molecule has 7 heteroatoms. The van der Waals surface area contributed by atoms with E-state index in [0.717, 1.165) is 10.5 Å². The summed E-state index contributed by atoms with van der Waals surface area (Å²) in [6.45, 7) is 4.30. The fourth-order valence-electron chi connectivity index (χ4n) is 2.63. The molecular formula is C20H17BrN2O4. The summed E-state index contributed by atoms with van der Waals surface area (Å²) in [4.78, 5) is 38.2. The van der Waals surface area contributed by atoms with E-state index in [0.29, 0.717) is 28.1 Å². The predicted octanol–water partition coefficient (Wildman–Crippen LogP) is 3.82. The molecule has 0 atom stereocenters. The Morgan fingerprint density at radius 3 is 2.44 bits per heavy atom. The number of amides is 4. The molecule has 0 unspecified atom stereocenters. The van der Waals surface area contributed by atoms with Gasteiger partial charge in [-0.1, -0.05) is 23.8 Å². The number of ether oxygens (including phenoxy) is 1. The highest BCUT2D eigenvalue weighted by Crippen LogP contribution is 2.28. The lowest BCUT2D eigenvalue weighted by atomic mass is 10.1. The zero-order chi connectivity index (χ0) is 19.6. The van der Waals surface area contributed by atoms with Gasteiger partial charge in [0.05, 0.1) is 16.8 Å². The largest absolute Gasteiger partial charge is 0.493 e. The van der Waals surface area contributed by atoms with Crippen molar-refractivity contribution >= 4 is 45.5 Å². The molecule has 1 fully saturated rings. The zero-order valence-corrected chi connectivity index (χ0v) is 16.4. The topological polar surface area (TPSA) is 75.7 Å². The van der Waals surface area contributed by atoms with E-state index in [-0.39, 0.29) is 5.57 Å². The molecule has 6 nitrogen and oxygen atoms in total. The summed E-state index contributed by atoms with van der Waals surface area (Å²) >= 11 is 3.40. The molecule has 1 aliphatic rings. The number of aryl methyl sites for hydroxylation is 1. The van der Waals surface area contributed by atoms with Crippen molar-refractivity contribution in [2.45, 2.75) is 13.8 Å². The molecule has 1 heterocycles. The van der Waals surface area contributed by atoms with E-state index in [4.69, 9.17) is 4.74 Å². The van der Waals surface area contributed by atoms with Crippen LogP contribution in [-0.2, 0) is 9.59 Å². The van der Waals surface area contributed by atoms with E-state index in [1.807, 2.05) is 13.8 Å². The Kier molecular flexibility index (Phi) is 5.41. The Labute approximate surface area is 164 Å². The Morgan fingerprint density at radius 2 is 1.81 bits per heavy atom. The summed E-state index contributed by atoms with van der Waals surface area (Å²) in [5, 5.41) is 2.21.